The molecule has 1 amide bonds. The number of hydrogen-bond acceptors (Lipinski definition) is 3. The molecule has 19 heavy (non-hydrogen) atoms. The highest BCUT2D eigenvalue weighted by molar-refractivity contribution is 5.92. The number of benzene rings is 1. The first-order valence-electron chi connectivity index (χ1n) is 6.29. The first-order chi connectivity index (χ1) is 9.16. The van der Waals surface area contributed by atoms with Crippen LogP contribution in [0.15, 0.2) is 47.1 Å². The number of rotatable bonds is 5. The second-order valence-corrected chi connectivity index (χ2v) is 4.48. The van der Waals surface area contributed by atoms with Gasteiger partial charge < -0.3 is 9.73 Å². The van der Waals surface area contributed by atoms with Crippen LogP contribution in [-0.4, -0.2) is 12.5 Å². The summed E-state index contributed by atoms with van der Waals surface area (Å²) in [5, 5.41) is 6.00. The van der Waals surface area contributed by atoms with E-state index in [1.54, 1.807) is 6.26 Å². The Labute approximate surface area is 112 Å². The Bertz CT molecular complexity index is 535. The van der Waals surface area contributed by atoms with Crippen molar-refractivity contribution < 1.29 is 9.21 Å². The lowest BCUT2D eigenvalue weighted by atomic mass is 10.2. The number of carbonyl (C=O) groups is 1. The van der Waals surface area contributed by atoms with Gasteiger partial charge in [0.25, 0.3) is 0 Å². The van der Waals surface area contributed by atoms with Gasteiger partial charge in [-0.25, -0.2) is 0 Å². The lowest BCUT2D eigenvalue weighted by molar-refractivity contribution is -0.115. The third-order valence-corrected chi connectivity index (χ3v) is 2.96. The first kappa shape index (κ1) is 13.4. The zero-order chi connectivity index (χ0) is 13.7. The normalized spacial score (nSPS) is 12.1. The largest absolute Gasteiger partial charge is 0.468 e. The molecule has 0 spiro atoms. The fourth-order valence-electron chi connectivity index (χ4n) is 1.79. The molecular weight excluding hydrogens is 240 g/mol. The van der Waals surface area contributed by atoms with Gasteiger partial charge in [-0.3, -0.25) is 10.1 Å². The smallest absolute Gasteiger partial charge is 0.238 e. The average Bonchev–Trinajstić information content (AvgIpc) is 2.93. The predicted molar refractivity (Wildman–Crippen MR) is 74.9 cm³/mol. The van der Waals surface area contributed by atoms with Crippen molar-refractivity contribution >= 4 is 11.6 Å². The van der Waals surface area contributed by atoms with E-state index in [1.807, 2.05) is 50.2 Å². The molecule has 0 bridgehead atoms. The van der Waals surface area contributed by atoms with Crippen LogP contribution in [0.2, 0.25) is 0 Å². The number of nitrogens with one attached hydrogen (secondary N) is 2. The quantitative estimate of drug-likeness (QED) is 0.867. The molecule has 1 aromatic carbocycles. The molecule has 2 rings (SSSR count). The fraction of sp³-hybridized carbons (Fsp3) is 0.267. The zero-order valence-corrected chi connectivity index (χ0v) is 11.1. The molecule has 1 aromatic heterocycles. The molecule has 2 aromatic rings. The number of aryl methyl sites for hydroxylation is 1. The predicted octanol–water partition coefficient (Wildman–Crippen LogP) is 2.88. The van der Waals surface area contributed by atoms with Crippen molar-refractivity contribution in [1.29, 1.82) is 0 Å². The first-order valence-corrected chi connectivity index (χ1v) is 6.29. The number of carbonyl (C=O) groups excluding carboxylic acids is 1. The molecule has 0 fully saturated rings. The maximum absolute atomic E-state index is 11.8. The monoisotopic (exact) mass is 258 g/mol. The Morgan fingerprint density at radius 2 is 2.05 bits per heavy atom. The summed E-state index contributed by atoms with van der Waals surface area (Å²) < 4.78 is 5.27. The molecule has 0 aliphatic rings. The molecule has 0 aliphatic carbocycles. The van der Waals surface area contributed by atoms with Crippen molar-refractivity contribution in [2.75, 3.05) is 11.9 Å². The van der Waals surface area contributed by atoms with E-state index in [0.717, 1.165) is 17.0 Å². The van der Waals surface area contributed by atoms with Crippen molar-refractivity contribution in [1.82, 2.24) is 5.32 Å². The Morgan fingerprint density at radius 1 is 1.26 bits per heavy atom. The van der Waals surface area contributed by atoms with Gasteiger partial charge in [-0.05, 0) is 37.6 Å². The van der Waals surface area contributed by atoms with Gasteiger partial charge in [-0.1, -0.05) is 18.2 Å². The molecule has 1 heterocycles. The van der Waals surface area contributed by atoms with E-state index in [-0.39, 0.29) is 18.5 Å². The maximum Gasteiger partial charge on any atom is 0.238 e. The highest BCUT2D eigenvalue weighted by Crippen LogP contribution is 2.14. The van der Waals surface area contributed by atoms with Crippen molar-refractivity contribution in [3.63, 3.8) is 0 Å². The molecule has 2 N–H and O–H groups in total. The van der Waals surface area contributed by atoms with Crippen LogP contribution in [-0.2, 0) is 4.79 Å². The van der Waals surface area contributed by atoms with E-state index < -0.39 is 0 Å². The molecular formula is C15H18N2O2. The summed E-state index contributed by atoms with van der Waals surface area (Å²) in [5.74, 6) is 0.761. The van der Waals surface area contributed by atoms with Crippen LogP contribution in [0, 0.1) is 6.92 Å². The molecule has 1 atom stereocenters. The number of amides is 1. The summed E-state index contributed by atoms with van der Waals surface area (Å²) in [5.41, 5.74) is 1.90. The van der Waals surface area contributed by atoms with Gasteiger partial charge in [-0.15, -0.1) is 0 Å². The fourth-order valence-corrected chi connectivity index (χ4v) is 1.79. The minimum Gasteiger partial charge on any atom is -0.468 e. The van der Waals surface area contributed by atoms with Gasteiger partial charge in [0, 0.05) is 5.69 Å². The molecule has 4 nitrogen and oxygen atoms in total. The zero-order valence-electron chi connectivity index (χ0n) is 11.1. The third-order valence-electron chi connectivity index (χ3n) is 2.96. The average molecular weight is 258 g/mol. The summed E-state index contributed by atoms with van der Waals surface area (Å²) in [6, 6.07) is 11.4. The highest BCUT2D eigenvalue weighted by Gasteiger charge is 2.10. The molecule has 100 valence electrons. The van der Waals surface area contributed by atoms with Gasteiger partial charge in [0.05, 0.1) is 18.8 Å². The van der Waals surface area contributed by atoms with Crippen LogP contribution in [0.3, 0.4) is 0 Å². The van der Waals surface area contributed by atoms with E-state index in [1.165, 1.54) is 0 Å². The number of anilines is 1. The lowest BCUT2D eigenvalue weighted by Gasteiger charge is -2.12. The molecule has 0 saturated carbocycles. The van der Waals surface area contributed by atoms with E-state index in [0.29, 0.717) is 0 Å². The number of hydrogen-bond donors (Lipinski definition) is 2. The summed E-state index contributed by atoms with van der Waals surface area (Å²) in [7, 11) is 0. The maximum atomic E-state index is 11.8. The van der Waals surface area contributed by atoms with Crippen LogP contribution < -0.4 is 10.6 Å². The van der Waals surface area contributed by atoms with Crippen LogP contribution in [0.25, 0.3) is 0 Å². The lowest BCUT2D eigenvalue weighted by Crippen LogP contribution is -2.30. The minimum absolute atomic E-state index is 0.0117. The Balaban J connectivity index is 1.84. The standard InChI is InChI=1S/C15H18N2O2/c1-11-6-3-4-7-13(11)17-15(18)10-16-12(2)14-8-5-9-19-14/h3-9,12,16H,10H2,1-2H3,(H,17,18)/t12-/m0/s1. The minimum atomic E-state index is -0.0623. The molecule has 4 heteroatoms. The van der Waals surface area contributed by atoms with Gasteiger partial charge >= 0.3 is 0 Å². The van der Waals surface area contributed by atoms with Gasteiger partial charge in [0.15, 0.2) is 0 Å². The Morgan fingerprint density at radius 3 is 2.74 bits per heavy atom. The van der Waals surface area contributed by atoms with Crippen LogP contribution >= 0.6 is 0 Å². The summed E-state index contributed by atoms with van der Waals surface area (Å²) in [6.07, 6.45) is 1.63. The molecule has 0 saturated heterocycles. The summed E-state index contributed by atoms with van der Waals surface area (Å²) in [4.78, 5) is 11.8. The molecule has 0 unspecified atom stereocenters. The topological polar surface area (TPSA) is 54.3 Å². The Hall–Kier alpha value is -2.07. The second-order valence-electron chi connectivity index (χ2n) is 4.48. The van der Waals surface area contributed by atoms with Crippen molar-refractivity contribution in [3.05, 3.63) is 54.0 Å². The SMILES string of the molecule is Cc1ccccc1NC(=O)CN[C@@H](C)c1ccco1. The molecule has 0 aliphatic heterocycles. The summed E-state index contributed by atoms with van der Waals surface area (Å²) in [6.45, 7) is 4.17. The Kier molecular flexibility index (Phi) is 4.36. The molecule has 0 radical (unpaired) electrons. The highest BCUT2D eigenvalue weighted by atomic mass is 16.3. The second kappa shape index (κ2) is 6.20. The van der Waals surface area contributed by atoms with E-state index >= 15 is 0 Å². The van der Waals surface area contributed by atoms with Crippen LogP contribution in [0.1, 0.15) is 24.3 Å². The van der Waals surface area contributed by atoms with Crippen LogP contribution in [0.5, 0.6) is 0 Å². The van der Waals surface area contributed by atoms with Gasteiger partial charge in [0.2, 0.25) is 5.91 Å². The number of para-hydroxylation sites is 1. The summed E-state index contributed by atoms with van der Waals surface area (Å²) >= 11 is 0. The van der Waals surface area contributed by atoms with Crippen molar-refractivity contribution in [2.24, 2.45) is 0 Å². The number of furan rings is 1. The van der Waals surface area contributed by atoms with E-state index in [4.69, 9.17) is 4.42 Å². The third kappa shape index (κ3) is 3.69. The van der Waals surface area contributed by atoms with Crippen LogP contribution in [0.4, 0.5) is 5.69 Å². The van der Waals surface area contributed by atoms with E-state index in [2.05, 4.69) is 10.6 Å². The van der Waals surface area contributed by atoms with Gasteiger partial charge in [-0.2, -0.15) is 0 Å². The van der Waals surface area contributed by atoms with E-state index in [9.17, 15) is 4.79 Å². The van der Waals surface area contributed by atoms with Crippen molar-refractivity contribution in [3.8, 4) is 0 Å². The van der Waals surface area contributed by atoms with Crippen molar-refractivity contribution in [2.45, 2.75) is 19.9 Å². The van der Waals surface area contributed by atoms with Gasteiger partial charge in [0.1, 0.15) is 5.76 Å².